The van der Waals surface area contributed by atoms with Gasteiger partial charge in [0.05, 0.1) is 0 Å². The van der Waals surface area contributed by atoms with E-state index < -0.39 is 23.5 Å². The first kappa shape index (κ1) is 12.8. The maximum atomic E-state index is 13.8. The number of aliphatic hydroxyl groups excluding tert-OH is 1. The average molecular weight is 224 g/mol. The molecule has 2 atom stereocenters. The fraction of sp³-hybridized carbons (Fsp3) is 0.462. The number of hydrogen-bond acceptors (Lipinski definition) is 2. The maximum absolute atomic E-state index is 13.8. The molecular weight excluding hydrogens is 207 g/mol. The molecule has 1 aromatic rings. The number of Topliss-reactive ketones (excluding diaryl/α,β-unsaturated/α-hetero) is 1. The summed E-state index contributed by atoms with van der Waals surface area (Å²) in [5, 5.41) is 9.73. The Morgan fingerprint density at radius 1 is 1.25 bits per heavy atom. The molecule has 1 N–H and O–H groups in total. The maximum Gasteiger partial charge on any atom is 0.188 e. The Morgan fingerprint density at radius 3 is 2.19 bits per heavy atom. The molecule has 1 rings (SSSR count). The van der Waals surface area contributed by atoms with Crippen molar-refractivity contribution in [1.82, 2.24) is 0 Å². The summed E-state index contributed by atoms with van der Waals surface area (Å²) in [6.07, 6.45) is -3.25. The van der Waals surface area contributed by atoms with Crippen LogP contribution in [-0.4, -0.2) is 17.1 Å². The van der Waals surface area contributed by atoms with Crippen molar-refractivity contribution in [3.05, 3.63) is 35.9 Å². The van der Waals surface area contributed by atoms with Crippen LogP contribution >= 0.6 is 0 Å². The van der Waals surface area contributed by atoms with Gasteiger partial charge in [0.15, 0.2) is 12.0 Å². The van der Waals surface area contributed by atoms with E-state index in [4.69, 9.17) is 0 Å². The molecular formula is C13H17FO2. The molecule has 0 fully saturated rings. The van der Waals surface area contributed by atoms with Gasteiger partial charge >= 0.3 is 0 Å². The molecule has 88 valence electrons. The van der Waals surface area contributed by atoms with Gasteiger partial charge in [-0.2, -0.15) is 0 Å². The van der Waals surface area contributed by atoms with Crippen LogP contribution in [0.15, 0.2) is 30.3 Å². The van der Waals surface area contributed by atoms with E-state index in [9.17, 15) is 14.3 Å². The lowest BCUT2D eigenvalue weighted by molar-refractivity contribution is -0.135. The molecule has 0 aliphatic heterocycles. The summed E-state index contributed by atoms with van der Waals surface area (Å²) >= 11 is 0. The third-order valence-electron chi connectivity index (χ3n) is 2.41. The molecule has 0 spiro atoms. The van der Waals surface area contributed by atoms with Crippen LogP contribution in [0, 0.1) is 5.41 Å². The number of hydrogen-bond donors (Lipinski definition) is 1. The Hall–Kier alpha value is -1.22. The van der Waals surface area contributed by atoms with Crippen LogP contribution in [0.1, 0.15) is 32.4 Å². The van der Waals surface area contributed by atoms with Crippen LogP contribution in [-0.2, 0) is 4.79 Å². The van der Waals surface area contributed by atoms with Gasteiger partial charge in [-0.3, -0.25) is 4.79 Å². The first-order chi connectivity index (χ1) is 7.34. The zero-order chi connectivity index (χ0) is 12.3. The number of rotatable bonds is 3. The largest absolute Gasteiger partial charge is 0.385 e. The van der Waals surface area contributed by atoms with Crippen LogP contribution in [0.2, 0.25) is 0 Å². The van der Waals surface area contributed by atoms with Crippen molar-refractivity contribution in [1.29, 1.82) is 0 Å². The summed E-state index contributed by atoms with van der Waals surface area (Å²) in [6, 6.07) is 8.38. The highest BCUT2D eigenvalue weighted by Gasteiger charge is 2.35. The Morgan fingerprint density at radius 2 is 1.75 bits per heavy atom. The lowest BCUT2D eigenvalue weighted by atomic mass is 9.85. The highest BCUT2D eigenvalue weighted by Crippen LogP contribution is 2.26. The number of alkyl halides is 1. The second-order valence-corrected chi connectivity index (χ2v) is 4.87. The molecule has 0 bridgehead atoms. The standard InChI is InChI=1S/C13H17FO2/c1-13(2,3)12(16)10(14)11(15)9-7-5-4-6-8-9/h4-8,10-11,15H,1-3H3/t10-,11-/m0/s1. The zero-order valence-corrected chi connectivity index (χ0v) is 9.77. The van der Waals surface area contributed by atoms with E-state index in [1.165, 1.54) is 0 Å². The van der Waals surface area contributed by atoms with Crippen molar-refractivity contribution >= 4 is 5.78 Å². The normalized spacial score (nSPS) is 15.6. The van der Waals surface area contributed by atoms with Crippen LogP contribution in [0.3, 0.4) is 0 Å². The Labute approximate surface area is 95.1 Å². The average Bonchev–Trinajstić information content (AvgIpc) is 2.26. The minimum atomic E-state index is -1.87. The number of halogens is 1. The van der Waals surface area contributed by atoms with Gasteiger partial charge in [0, 0.05) is 5.41 Å². The van der Waals surface area contributed by atoms with Crippen LogP contribution in [0.5, 0.6) is 0 Å². The lowest BCUT2D eigenvalue weighted by Crippen LogP contribution is -2.33. The minimum absolute atomic E-state index is 0.424. The zero-order valence-electron chi connectivity index (χ0n) is 9.77. The van der Waals surface area contributed by atoms with E-state index in [0.29, 0.717) is 5.56 Å². The molecule has 0 heterocycles. The third-order valence-corrected chi connectivity index (χ3v) is 2.41. The summed E-state index contributed by atoms with van der Waals surface area (Å²) in [4.78, 5) is 11.6. The molecule has 2 nitrogen and oxygen atoms in total. The van der Waals surface area contributed by atoms with Gasteiger partial charge in [-0.1, -0.05) is 51.1 Å². The van der Waals surface area contributed by atoms with Crippen molar-refractivity contribution in [3.8, 4) is 0 Å². The molecule has 0 aliphatic rings. The summed E-state index contributed by atoms with van der Waals surface area (Å²) in [6.45, 7) is 4.92. The summed E-state index contributed by atoms with van der Waals surface area (Å²) < 4.78 is 13.8. The number of carbonyl (C=O) groups is 1. The predicted octanol–water partition coefficient (Wildman–Crippen LogP) is 2.67. The molecule has 1 aromatic carbocycles. The fourth-order valence-electron chi connectivity index (χ4n) is 1.38. The minimum Gasteiger partial charge on any atom is -0.385 e. The molecule has 0 radical (unpaired) electrons. The fourth-order valence-corrected chi connectivity index (χ4v) is 1.38. The SMILES string of the molecule is CC(C)(C)C(=O)[C@@H](F)[C@@H](O)c1ccccc1. The topological polar surface area (TPSA) is 37.3 Å². The van der Waals surface area contributed by atoms with E-state index in [0.717, 1.165) is 0 Å². The van der Waals surface area contributed by atoms with Gasteiger partial charge in [0.1, 0.15) is 6.10 Å². The predicted molar refractivity (Wildman–Crippen MR) is 60.8 cm³/mol. The third kappa shape index (κ3) is 2.89. The molecule has 0 aromatic heterocycles. The number of ketones is 1. The van der Waals surface area contributed by atoms with E-state index in [2.05, 4.69) is 0 Å². The van der Waals surface area contributed by atoms with Gasteiger partial charge in [-0.25, -0.2) is 4.39 Å². The number of carbonyl (C=O) groups excluding carboxylic acids is 1. The molecule has 0 aliphatic carbocycles. The van der Waals surface area contributed by atoms with Crippen molar-refractivity contribution < 1.29 is 14.3 Å². The monoisotopic (exact) mass is 224 g/mol. The van der Waals surface area contributed by atoms with Crippen molar-refractivity contribution in [2.45, 2.75) is 33.0 Å². The quantitative estimate of drug-likeness (QED) is 0.857. The Bertz CT molecular complexity index is 354. The van der Waals surface area contributed by atoms with E-state index in [1.54, 1.807) is 51.1 Å². The lowest BCUT2D eigenvalue weighted by Gasteiger charge is -2.22. The summed E-state index contributed by atoms with van der Waals surface area (Å²) in [5.74, 6) is -0.580. The smallest absolute Gasteiger partial charge is 0.188 e. The van der Waals surface area contributed by atoms with Gasteiger partial charge in [0.2, 0.25) is 0 Å². The van der Waals surface area contributed by atoms with Crippen molar-refractivity contribution in [2.24, 2.45) is 5.41 Å². The van der Waals surface area contributed by atoms with Crippen LogP contribution in [0.25, 0.3) is 0 Å². The first-order valence-corrected chi connectivity index (χ1v) is 5.25. The van der Waals surface area contributed by atoms with E-state index in [1.807, 2.05) is 0 Å². The highest BCUT2D eigenvalue weighted by molar-refractivity contribution is 5.88. The molecule has 0 saturated heterocycles. The van der Waals surface area contributed by atoms with E-state index in [-0.39, 0.29) is 0 Å². The first-order valence-electron chi connectivity index (χ1n) is 5.25. The van der Waals surface area contributed by atoms with Gasteiger partial charge < -0.3 is 5.11 Å². The second kappa shape index (κ2) is 4.74. The van der Waals surface area contributed by atoms with E-state index >= 15 is 0 Å². The van der Waals surface area contributed by atoms with Crippen LogP contribution in [0.4, 0.5) is 4.39 Å². The van der Waals surface area contributed by atoms with Gasteiger partial charge in [-0.05, 0) is 5.56 Å². The van der Waals surface area contributed by atoms with Crippen LogP contribution < -0.4 is 0 Å². The molecule has 0 saturated carbocycles. The number of aliphatic hydroxyl groups is 1. The summed E-state index contributed by atoms with van der Waals surface area (Å²) in [5.41, 5.74) is -0.359. The van der Waals surface area contributed by atoms with Crippen molar-refractivity contribution in [3.63, 3.8) is 0 Å². The molecule has 0 unspecified atom stereocenters. The highest BCUT2D eigenvalue weighted by atomic mass is 19.1. The molecule has 0 amide bonds. The molecule has 16 heavy (non-hydrogen) atoms. The number of benzene rings is 1. The van der Waals surface area contributed by atoms with Crippen molar-refractivity contribution in [2.75, 3.05) is 0 Å². The summed E-state index contributed by atoms with van der Waals surface area (Å²) in [7, 11) is 0. The Balaban J connectivity index is 2.83. The Kier molecular flexibility index (Phi) is 3.81. The van der Waals surface area contributed by atoms with Gasteiger partial charge in [0.25, 0.3) is 0 Å². The van der Waals surface area contributed by atoms with Gasteiger partial charge in [-0.15, -0.1) is 0 Å². The molecule has 3 heteroatoms. The second-order valence-electron chi connectivity index (χ2n) is 4.87.